The Morgan fingerprint density at radius 3 is 2.83 bits per heavy atom. The molecule has 0 aromatic carbocycles. The quantitative estimate of drug-likeness (QED) is 0.667. The van der Waals surface area contributed by atoms with Crippen molar-refractivity contribution >= 4 is 5.69 Å². The summed E-state index contributed by atoms with van der Waals surface area (Å²) in [5, 5.41) is 0. The molecule has 1 aromatic rings. The standard InChI is InChI=1S/C8H10N2O2/c9-6-2-1-3-10-7(6)8-11-4-5-12-8/h1-3,8H,4-5,9H2. The van der Waals surface area contributed by atoms with E-state index < -0.39 is 0 Å². The molecule has 0 atom stereocenters. The summed E-state index contributed by atoms with van der Waals surface area (Å²) in [4.78, 5) is 4.09. The lowest BCUT2D eigenvalue weighted by Crippen LogP contribution is -2.04. The van der Waals surface area contributed by atoms with Gasteiger partial charge in [0.1, 0.15) is 5.69 Å². The van der Waals surface area contributed by atoms with Crippen molar-refractivity contribution in [3.8, 4) is 0 Å². The van der Waals surface area contributed by atoms with Crippen LogP contribution in [0.25, 0.3) is 0 Å². The molecule has 12 heavy (non-hydrogen) atoms. The number of pyridine rings is 1. The number of nitrogens with two attached hydrogens (primary N) is 1. The van der Waals surface area contributed by atoms with Gasteiger partial charge < -0.3 is 15.2 Å². The largest absolute Gasteiger partial charge is 0.397 e. The van der Waals surface area contributed by atoms with Crippen molar-refractivity contribution < 1.29 is 9.47 Å². The van der Waals surface area contributed by atoms with E-state index >= 15 is 0 Å². The lowest BCUT2D eigenvalue weighted by atomic mass is 10.3. The number of nitrogens with zero attached hydrogens (tertiary/aromatic N) is 1. The highest BCUT2D eigenvalue weighted by Crippen LogP contribution is 2.25. The molecule has 4 nitrogen and oxygen atoms in total. The van der Waals surface area contributed by atoms with Crippen molar-refractivity contribution in [3.05, 3.63) is 24.0 Å². The van der Waals surface area contributed by atoms with Gasteiger partial charge in [-0.15, -0.1) is 0 Å². The van der Waals surface area contributed by atoms with E-state index in [1.807, 2.05) is 0 Å². The number of aromatic nitrogens is 1. The predicted octanol–water partition coefficient (Wildman–Crippen LogP) is 0.709. The molecule has 0 radical (unpaired) electrons. The summed E-state index contributed by atoms with van der Waals surface area (Å²) < 4.78 is 10.5. The molecule has 1 saturated heterocycles. The molecule has 0 bridgehead atoms. The molecule has 2 heterocycles. The zero-order chi connectivity index (χ0) is 8.39. The number of hydrogen-bond donors (Lipinski definition) is 1. The summed E-state index contributed by atoms with van der Waals surface area (Å²) in [6, 6.07) is 3.57. The minimum Gasteiger partial charge on any atom is -0.397 e. The van der Waals surface area contributed by atoms with Gasteiger partial charge in [0, 0.05) is 6.20 Å². The van der Waals surface area contributed by atoms with Crippen LogP contribution in [0.4, 0.5) is 5.69 Å². The van der Waals surface area contributed by atoms with Crippen LogP contribution in [0.5, 0.6) is 0 Å². The van der Waals surface area contributed by atoms with Gasteiger partial charge in [0.15, 0.2) is 0 Å². The van der Waals surface area contributed by atoms with Gasteiger partial charge in [0.25, 0.3) is 0 Å². The van der Waals surface area contributed by atoms with Crippen molar-refractivity contribution in [3.63, 3.8) is 0 Å². The number of rotatable bonds is 1. The van der Waals surface area contributed by atoms with Crippen LogP contribution in [0.15, 0.2) is 18.3 Å². The first-order valence-electron chi connectivity index (χ1n) is 3.81. The number of hydrogen-bond acceptors (Lipinski definition) is 4. The van der Waals surface area contributed by atoms with Crippen LogP contribution in [-0.2, 0) is 9.47 Å². The second-order valence-electron chi connectivity index (χ2n) is 2.55. The fourth-order valence-electron chi connectivity index (χ4n) is 1.14. The van der Waals surface area contributed by atoms with E-state index in [4.69, 9.17) is 15.2 Å². The third-order valence-electron chi connectivity index (χ3n) is 1.72. The molecular weight excluding hydrogens is 156 g/mol. The Morgan fingerprint density at radius 1 is 1.42 bits per heavy atom. The van der Waals surface area contributed by atoms with Gasteiger partial charge in [-0.25, -0.2) is 0 Å². The average Bonchev–Trinajstić information content (AvgIpc) is 2.57. The monoisotopic (exact) mass is 166 g/mol. The molecule has 64 valence electrons. The Balaban J connectivity index is 2.26. The number of ether oxygens (including phenoxy) is 2. The van der Waals surface area contributed by atoms with Crippen LogP contribution in [0.3, 0.4) is 0 Å². The fourth-order valence-corrected chi connectivity index (χ4v) is 1.14. The van der Waals surface area contributed by atoms with Crippen LogP contribution in [0.2, 0.25) is 0 Å². The van der Waals surface area contributed by atoms with E-state index in [-0.39, 0.29) is 6.29 Å². The van der Waals surface area contributed by atoms with Crippen LogP contribution in [0.1, 0.15) is 12.0 Å². The van der Waals surface area contributed by atoms with Crippen molar-refractivity contribution in [2.24, 2.45) is 0 Å². The number of nitrogen functional groups attached to an aromatic ring is 1. The molecule has 1 aliphatic rings. The molecule has 0 spiro atoms. The summed E-state index contributed by atoms with van der Waals surface area (Å²) >= 11 is 0. The lowest BCUT2D eigenvalue weighted by Gasteiger charge is -2.09. The van der Waals surface area contributed by atoms with Crippen LogP contribution in [0, 0.1) is 0 Å². The normalized spacial score (nSPS) is 18.3. The fraction of sp³-hybridized carbons (Fsp3) is 0.375. The Morgan fingerprint density at radius 2 is 2.17 bits per heavy atom. The lowest BCUT2D eigenvalue weighted by molar-refractivity contribution is -0.0466. The topological polar surface area (TPSA) is 57.4 Å². The third kappa shape index (κ3) is 1.26. The molecule has 1 fully saturated rings. The molecule has 2 N–H and O–H groups in total. The van der Waals surface area contributed by atoms with E-state index in [1.165, 1.54) is 0 Å². The average molecular weight is 166 g/mol. The SMILES string of the molecule is Nc1cccnc1C1OCCO1. The highest BCUT2D eigenvalue weighted by Gasteiger charge is 2.21. The summed E-state index contributed by atoms with van der Waals surface area (Å²) in [6.07, 6.45) is 1.31. The van der Waals surface area contributed by atoms with Crippen molar-refractivity contribution in [1.29, 1.82) is 0 Å². The Bertz CT molecular complexity index is 272. The maximum atomic E-state index is 5.68. The van der Waals surface area contributed by atoms with Crippen molar-refractivity contribution in [1.82, 2.24) is 4.98 Å². The summed E-state index contributed by atoms with van der Waals surface area (Å²) in [5.74, 6) is 0. The molecule has 0 saturated carbocycles. The van der Waals surface area contributed by atoms with E-state index in [1.54, 1.807) is 18.3 Å². The van der Waals surface area contributed by atoms with E-state index in [0.717, 1.165) is 0 Å². The second kappa shape index (κ2) is 3.08. The van der Waals surface area contributed by atoms with Crippen LogP contribution >= 0.6 is 0 Å². The second-order valence-corrected chi connectivity index (χ2v) is 2.55. The van der Waals surface area contributed by atoms with Gasteiger partial charge in [-0.3, -0.25) is 4.98 Å². The van der Waals surface area contributed by atoms with Crippen molar-refractivity contribution in [2.75, 3.05) is 18.9 Å². The first-order chi connectivity index (χ1) is 5.88. The zero-order valence-corrected chi connectivity index (χ0v) is 6.56. The molecular formula is C8H10N2O2. The molecule has 0 unspecified atom stereocenters. The summed E-state index contributed by atoms with van der Waals surface area (Å²) in [6.45, 7) is 1.22. The predicted molar refractivity (Wildman–Crippen MR) is 43.3 cm³/mol. The smallest absolute Gasteiger partial charge is 0.203 e. The minimum absolute atomic E-state index is 0.369. The van der Waals surface area contributed by atoms with E-state index in [2.05, 4.69) is 4.98 Å². The first-order valence-corrected chi connectivity index (χ1v) is 3.81. The molecule has 1 aromatic heterocycles. The zero-order valence-electron chi connectivity index (χ0n) is 6.56. The number of anilines is 1. The Kier molecular flexibility index (Phi) is 1.93. The minimum atomic E-state index is -0.369. The molecule has 2 rings (SSSR count). The van der Waals surface area contributed by atoms with E-state index in [9.17, 15) is 0 Å². The van der Waals surface area contributed by atoms with Crippen LogP contribution in [-0.4, -0.2) is 18.2 Å². The van der Waals surface area contributed by atoms with Gasteiger partial charge in [0.2, 0.25) is 6.29 Å². The van der Waals surface area contributed by atoms with Gasteiger partial charge in [0.05, 0.1) is 18.9 Å². The van der Waals surface area contributed by atoms with Crippen LogP contribution < -0.4 is 5.73 Å². The van der Waals surface area contributed by atoms with Gasteiger partial charge >= 0.3 is 0 Å². The third-order valence-corrected chi connectivity index (χ3v) is 1.72. The highest BCUT2D eigenvalue weighted by molar-refractivity contribution is 5.42. The maximum absolute atomic E-state index is 5.68. The molecule has 0 amide bonds. The highest BCUT2D eigenvalue weighted by atomic mass is 16.7. The van der Waals surface area contributed by atoms with Gasteiger partial charge in [-0.05, 0) is 12.1 Å². The van der Waals surface area contributed by atoms with Gasteiger partial charge in [-0.2, -0.15) is 0 Å². The summed E-state index contributed by atoms with van der Waals surface area (Å²) in [7, 11) is 0. The summed E-state index contributed by atoms with van der Waals surface area (Å²) in [5.41, 5.74) is 6.97. The maximum Gasteiger partial charge on any atom is 0.203 e. The first kappa shape index (κ1) is 7.52. The van der Waals surface area contributed by atoms with Gasteiger partial charge in [-0.1, -0.05) is 0 Å². The molecule has 4 heteroatoms. The molecule has 1 aliphatic heterocycles. The Hall–Kier alpha value is -1.13. The van der Waals surface area contributed by atoms with Crippen molar-refractivity contribution in [2.45, 2.75) is 6.29 Å². The molecule has 0 aliphatic carbocycles. The van der Waals surface area contributed by atoms with E-state index in [0.29, 0.717) is 24.6 Å². The Labute approximate surface area is 70.3 Å².